The highest BCUT2D eigenvalue weighted by Gasteiger charge is 2.66. The second-order valence-electron chi connectivity index (χ2n) is 12.1. The third-order valence-corrected chi connectivity index (χ3v) is 9.19. The number of carbonyl (C=O) groups is 2. The summed E-state index contributed by atoms with van der Waals surface area (Å²) < 4.78 is 29.9. The number of rotatable bonds is 4. The van der Waals surface area contributed by atoms with Crippen molar-refractivity contribution in [3.05, 3.63) is 64.2 Å². The van der Waals surface area contributed by atoms with E-state index in [-0.39, 0.29) is 33.1 Å². The van der Waals surface area contributed by atoms with E-state index in [1.54, 1.807) is 25.1 Å². The fraction of sp³-hybridized carbons (Fsp3) is 0.500. The van der Waals surface area contributed by atoms with Crippen LogP contribution in [0.2, 0.25) is 5.02 Å². The van der Waals surface area contributed by atoms with E-state index in [1.807, 2.05) is 20.8 Å². The van der Waals surface area contributed by atoms with Gasteiger partial charge < -0.3 is 15.7 Å². The fourth-order valence-corrected chi connectivity index (χ4v) is 7.85. The van der Waals surface area contributed by atoms with Gasteiger partial charge in [0.1, 0.15) is 11.6 Å². The van der Waals surface area contributed by atoms with Crippen LogP contribution in [-0.4, -0.2) is 39.9 Å². The van der Waals surface area contributed by atoms with E-state index in [1.165, 1.54) is 18.2 Å². The molecule has 3 N–H and O–H groups in total. The quantitative estimate of drug-likeness (QED) is 0.497. The van der Waals surface area contributed by atoms with Gasteiger partial charge >= 0.3 is 0 Å². The molecular weight excluding hydrogens is 518 g/mol. The maximum atomic E-state index is 15.7. The van der Waals surface area contributed by atoms with Crippen molar-refractivity contribution in [3.8, 4) is 0 Å². The summed E-state index contributed by atoms with van der Waals surface area (Å²) in [5.41, 5.74) is -1.63. The number of amides is 1. The third kappa shape index (κ3) is 4.50. The minimum atomic E-state index is -1.32. The molecule has 0 aromatic heterocycles. The van der Waals surface area contributed by atoms with E-state index in [4.69, 9.17) is 11.6 Å². The van der Waals surface area contributed by atoms with Crippen LogP contribution in [0.15, 0.2) is 41.3 Å². The Hall–Kier alpha value is -2.00. The molecule has 5 rings (SSSR count). The summed E-state index contributed by atoms with van der Waals surface area (Å²) in [5, 5.41) is 16.2. The summed E-state index contributed by atoms with van der Waals surface area (Å²) in [6.45, 7) is 7.84. The highest BCUT2D eigenvalue weighted by atomic mass is 35.5. The van der Waals surface area contributed by atoms with Gasteiger partial charge in [0.25, 0.3) is 0 Å². The van der Waals surface area contributed by atoms with Gasteiger partial charge in [-0.05, 0) is 60.9 Å². The van der Waals surface area contributed by atoms with Crippen LogP contribution in [0.5, 0.6) is 0 Å². The van der Waals surface area contributed by atoms with Crippen molar-refractivity contribution >= 4 is 34.4 Å². The summed E-state index contributed by atoms with van der Waals surface area (Å²) in [6, 6.07) is 7.15. The summed E-state index contributed by atoms with van der Waals surface area (Å²) in [6.07, 6.45) is 1.33. The molecule has 1 amide bonds. The molecule has 9 heteroatoms. The van der Waals surface area contributed by atoms with Gasteiger partial charge in [-0.3, -0.25) is 9.59 Å². The molecule has 1 spiro atoms. The van der Waals surface area contributed by atoms with Crippen LogP contribution in [0.25, 0.3) is 0 Å². The van der Waals surface area contributed by atoms with Crippen molar-refractivity contribution in [2.45, 2.75) is 86.9 Å². The average Bonchev–Trinajstić information content (AvgIpc) is 3.23. The number of halogens is 3. The topological polar surface area (TPSA) is 78.4 Å². The lowest BCUT2D eigenvalue weighted by Crippen LogP contribution is -2.57. The predicted molar refractivity (Wildman–Crippen MR) is 140 cm³/mol. The van der Waals surface area contributed by atoms with Crippen molar-refractivity contribution in [3.63, 3.8) is 0 Å². The average molecular weight is 549 g/mol. The van der Waals surface area contributed by atoms with E-state index in [0.717, 1.165) is 11.8 Å². The Labute approximate surface area is 224 Å². The van der Waals surface area contributed by atoms with Gasteiger partial charge in [-0.2, -0.15) is 0 Å². The maximum Gasteiger partial charge on any atom is 0.238 e. The van der Waals surface area contributed by atoms with E-state index >= 15 is 4.39 Å². The van der Waals surface area contributed by atoms with Crippen LogP contribution >= 0.6 is 23.4 Å². The van der Waals surface area contributed by atoms with Crippen LogP contribution in [0, 0.1) is 17.0 Å². The second kappa shape index (κ2) is 9.04. The van der Waals surface area contributed by atoms with Gasteiger partial charge in [0, 0.05) is 22.9 Å². The standard InChI is InChI=1S/C28H31ClF2N2O3S/c1-26(2,3)13-20-28(17-9-8-14(30)10-19(17)37-25(28)35)21(16-6-5-7-18(29)22(16)31)23(33-20)24(34)32-15-11-27(4,36)12-15/h5-10,15,20-21,23,33,36H,11-13H2,1-4H3,(H,32,34). The fourth-order valence-electron chi connectivity index (χ4n) is 6.40. The number of benzene rings is 2. The van der Waals surface area contributed by atoms with E-state index < -0.39 is 40.7 Å². The second-order valence-corrected chi connectivity index (χ2v) is 13.5. The number of hydrogen-bond acceptors (Lipinski definition) is 5. The molecule has 2 aromatic rings. The number of thioether (sulfide) groups is 1. The molecule has 2 aromatic carbocycles. The van der Waals surface area contributed by atoms with Gasteiger partial charge in [-0.25, -0.2) is 8.78 Å². The van der Waals surface area contributed by atoms with Crippen LogP contribution in [-0.2, 0) is 15.0 Å². The zero-order valence-electron chi connectivity index (χ0n) is 21.2. The van der Waals surface area contributed by atoms with Gasteiger partial charge in [0.2, 0.25) is 11.0 Å². The smallest absolute Gasteiger partial charge is 0.238 e. The largest absolute Gasteiger partial charge is 0.390 e. The normalized spacial score (nSPS) is 32.9. The van der Waals surface area contributed by atoms with Gasteiger partial charge in [-0.15, -0.1) is 0 Å². The lowest BCUT2D eigenvalue weighted by Gasteiger charge is -2.42. The molecule has 0 radical (unpaired) electrons. The molecule has 2 fully saturated rings. The van der Waals surface area contributed by atoms with Crippen LogP contribution < -0.4 is 10.6 Å². The number of carbonyl (C=O) groups excluding carboxylic acids is 2. The Bertz CT molecular complexity index is 1270. The summed E-state index contributed by atoms with van der Waals surface area (Å²) >= 11 is 7.14. The molecule has 1 saturated carbocycles. The molecule has 37 heavy (non-hydrogen) atoms. The molecule has 4 unspecified atom stereocenters. The number of nitrogens with one attached hydrogen (secondary N) is 2. The molecule has 4 atom stereocenters. The number of aliphatic hydroxyl groups is 1. The van der Waals surface area contributed by atoms with E-state index in [0.29, 0.717) is 29.7 Å². The molecule has 0 bridgehead atoms. The molecule has 2 heterocycles. The van der Waals surface area contributed by atoms with Crippen molar-refractivity contribution in [2.75, 3.05) is 0 Å². The highest BCUT2D eigenvalue weighted by Crippen LogP contribution is 2.60. The van der Waals surface area contributed by atoms with Gasteiger partial charge in [0.15, 0.2) is 0 Å². The molecule has 1 saturated heterocycles. The Morgan fingerprint density at radius 1 is 1.24 bits per heavy atom. The predicted octanol–water partition coefficient (Wildman–Crippen LogP) is 5.08. The van der Waals surface area contributed by atoms with Crippen molar-refractivity contribution in [1.82, 2.24) is 10.6 Å². The Balaban J connectivity index is 1.69. The lowest BCUT2D eigenvalue weighted by atomic mass is 9.62. The first-order chi connectivity index (χ1) is 17.2. The molecule has 198 valence electrons. The first-order valence-corrected chi connectivity index (χ1v) is 13.7. The van der Waals surface area contributed by atoms with E-state index in [9.17, 15) is 19.1 Å². The minimum absolute atomic E-state index is 0.0986. The van der Waals surface area contributed by atoms with Gasteiger partial charge in [-0.1, -0.05) is 62.3 Å². The Morgan fingerprint density at radius 2 is 1.95 bits per heavy atom. The maximum absolute atomic E-state index is 15.7. The zero-order valence-corrected chi connectivity index (χ0v) is 22.8. The Morgan fingerprint density at radius 3 is 2.59 bits per heavy atom. The minimum Gasteiger partial charge on any atom is -0.390 e. The van der Waals surface area contributed by atoms with Crippen LogP contribution in [0.4, 0.5) is 8.78 Å². The zero-order chi connectivity index (χ0) is 26.9. The first kappa shape index (κ1) is 26.6. The van der Waals surface area contributed by atoms with E-state index in [2.05, 4.69) is 10.6 Å². The van der Waals surface area contributed by atoms with Crippen molar-refractivity contribution in [1.29, 1.82) is 0 Å². The monoisotopic (exact) mass is 548 g/mol. The number of fused-ring (bicyclic) bond motifs is 2. The third-order valence-electron chi connectivity index (χ3n) is 7.82. The molecule has 3 aliphatic rings. The summed E-state index contributed by atoms with van der Waals surface area (Å²) in [4.78, 5) is 28.3. The number of hydrogen-bond donors (Lipinski definition) is 3. The summed E-state index contributed by atoms with van der Waals surface area (Å²) in [7, 11) is 0. The van der Waals surface area contributed by atoms with Crippen molar-refractivity contribution < 1.29 is 23.5 Å². The molecular formula is C28H31ClF2N2O3S. The van der Waals surface area contributed by atoms with Crippen molar-refractivity contribution in [2.24, 2.45) is 5.41 Å². The van der Waals surface area contributed by atoms with Crippen LogP contribution in [0.3, 0.4) is 0 Å². The lowest BCUT2D eigenvalue weighted by molar-refractivity contribution is -0.127. The first-order valence-electron chi connectivity index (χ1n) is 12.5. The molecule has 2 aliphatic heterocycles. The highest BCUT2D eigenvalue weighted by molar-refractivity contribution is 8.14. The molecule has 1 aliphatic carbocycles. The van der Waals surface area contributed by atoms with Gasteiger partial charge in [0.05, 0.1) is 22.1 Å². The van der Waals surface area contributed by atoms with Crippen LogP contribution in [0.1, 0.15) is 64.0 Å². The Kier molecular flexibility index (Phi) is 6.50. The molecule has 5 nitrogen and oxygen atoms in total. The summed E-state index contributed by atoms with van der Waals surface area (Å²) in [5.74, 6) is -2.43. The SMILES string of the molecule is CC(C)(C)CC1NC(C(=O)NC2CC(C)(O)C2)C(c2cccc(Cl)c2F)C12C(=O)Sc1cc(F)ccc12.